The summed E-state index contributed by atoms with van der Waals surface area (Å²) in [7, 11) is 0. The highest BCUT2D eigenvalue weighted by atomic mass is 16.5. The number of H-pyrrole nitrogens is 1. The van der Waals surface area contributed by atoms with E-state index in [1.165, 1.54) is 0 Å². The molecular formula is C13H21N5O2. The van der Waals surface area contributed by atoms with Crippen molar-refractivity contribution >= 4 is 5.91 Å². The lowest BCUT2D eigenvalue weighted by Gasteiger charge is -2.33. The summed E-state index contributed by atoms with van der Waals surface area (Å²) in [5.41, 5.74) is 0. The van der Waals surface area contributed by atoms with Crippen LogP contribution in [0.1, 0.15) is 37.5 Å². The molecule has 20 heavy (non-hydrogen) atoms. The Labute approximate surface area is 118 Å². The Morgan fingerprint density at radius 1 is 1.55 bits per heavy atom. The first-order valence-electron chi connectivity index (χ1n) is 7.33. The number of carbonyl (C=O) groups excluding carboxylic acids is 1. The van der Waals surface area contributed by atoms with E-state index in [-0.39, 0.29) is 18.1 Å². The van der Waals surface area contributed by atoms with Crippen LogP contribution in [-0.2, 0) is 16.0 Å². The molecule has 7 heteroatoms. The minimum absolute atomic E-state index is 0.0212. The highest BCUT2D eigenvalue weighted by molar-refractivity contribution is 5.82. The summed E-state index contributed by atoms with van der Waals surface area (Å²) >= 11 is 0. The average molecular weight is 279 g/mol. The van der Waals surface area contributed by atoms with Crippen LogP contribution >= 0.6 is 0 Å². The zero-order valence-electron chi connectivity index (χ0n) is 11.8. The molecule has 0 saturated carbocycles. The van der Waals surface area contributed by atoms with E-state index in [0.29, 0.717) is 25.5 Å². The van der Waals surface area contributed by atoms with Gasteiger partial charge in [0.05, 0.1) is 19.2 Å². The minimum atomic E-state index is -0.217. The average Bonchev–Trinajstić information content (AvgIpc) is 3.17. The van der Waals surface area contributed by atoms with E-state index >= 15 is 0 Å². The number of aromatic amines is 1. The van der Waals surface area contributed by atoms with Crippen LogP contribution in [0.3, 0.4) is 0 Å². The van der Waals surface area contributed by atoms with Gasteiger partial charge in [-0.25, -0.2) is 4.98 Å². The van der Waals surface area contributed by atoms with Crippen LogP contribution in [0.5, 0.6) is 0 Å². The molecular weight excluding hydrogens is 258 g/mol. The van der Waals surface area contributed by atoms with Gasteiger partial charge < -0.3 is 15.0 Å². The third kappa shape index (κ3) is 2.69. The van der Waals surface area contributed by atoms with E-state index in [4.69, 9.17) is 4.74 Å². The van der Waals surface area contributed by atoms with Crippen molar-refractivity contribution in [1.29, 1.82) is 0 Å². The molecule has 2 aliphatic heterocycles. The molecule has 0 bridgehead atoms. The number of aryl methyl sites for hydroxylation is 1. The van der Waals surface area contributed by atoms with Crippen molar-refractivity contribution in [3.63, 3.8) is 0 Å². The predicted octanol–water partition coefficient (Wildman–Crippen LogP) is 0.0190. The molecule has 2 N–H and O–H groups in total. The second kappa shape index (κ2) is 5.88. The number of aromatic nitrogens is 3. The van der Waals surface area contributed by atoms with E-state index in [1.807, 2.05) is 11.8 Å². The fourth-order valence-corrected chi connectivity index (χ4v) is 2.73. The van der Waals surface area contributed by atoms with Gasteiger partial charge in [0.25, 0.3) is 0 Å². The van der Waals surface area contributed by atoms with Gasteiger partial charge >= 0.3 is 0 Å². The summed E-state index contributed by atoms with van der Waals surface area (Å²) in [4.78, 5) is 18.7. The van der Waals surface area contributed by atoms with Gasteiger partial charge in [-0.05, 0) is 19.4 Å². The molecule has 2 aliphatic rings. The molecule has 1 aromatic rings. The monoisotopic (exact) mass is 279 g/mol. The first-order chi connectivity index (χ1) is 9.78. The smallest absolute Gasteiger partial charge is 0.239 e. The summed E-state index contributed by atoms with van der Waals surface area (Å²) < 4.78 is 5.71. The Kier molecular flexibility index (Phi) is 3.98. The number of carbonyl (C=O) groups is 1. The van der Waals surface area contributed by atoms with Crippen LogP contribution < -0.4 is 5.32 Å². The number of nitrogens with zero attached hydrogens (tertiary/aromatic N) is 3. The zero-order valence-corrected chi connectivity index (χ0v) is 11.8. The van der Waals surface area contributed by atoms with Gasteiger partial charge in [-0.2, -0.15) is 5.10 Å². The third-order valence-corrected chi connectivity index (χ3v) is 3.91. The van der Waals surface area contributed by atoms with Crippen LogP contribution in [0, 0.1) is 0 Å². The van der Waals surface area contributed by atoms with Gasteiger partial charge in [0.2, 0.25) is 5.91 Å². The molecule has 110 valence electrons. The molecule has 0 radical (unpaired) electrons. The molecule has 1 aromatic heterocycles. The van der Waals surface area contributed by atoms with E-state index < -0.39 is 0 Å². The summed E-state index contributed by atoms with van der Waals surface area (Å²) in [6.45, 7) is 4.69. The number of ether oxygens (including phenoxy) is 1. The van der Waals surface area contributed by atoms with Crippen molar-refractivity contribution in [3.8, 4) is 0 Å². The summed E-state index contributed by atoms with van der Waals surface area (Å²) in [6.07, 6.45) is 2.60. The minimum Gasteiger partial charge on any atom is -0.366 e. The maximum atomic E-state index is 12.4. The standard InChI is InChI=1S/C13H21N5O2/c1-2-11-15-12(17-16-11)10-8-18(6-7-20-10)13(19)9-4-3-5-14-9/h9-10,14H,2-8H2,1H3,(H,15,16,17). The number of nitrogens with one attached hydrogen (secondary N) is 2. The van der Waals surface area contributed by atoms with Crippen molar-refractivity contribution in [1.82, 2.24) is 25.4 Å². The van der Waals surface area contributed by atoms with Crippen molar-refractivity contribution in [2.75, 3.05) is 26.2 Å². The lowest BCUT2D eigenvalue weighted by molar-refractivity contribution is -0.141. The van der Waals surface area contributed by atoms with E-state index in [0.717, 1.165) is 31.6 Å². The topological polar surface area (TPSA) is 83.1 Å². The Morgan fingerprint density at radius 3 is 3.15 bits per heavy atom. The molecule has 3 rings (SSSR count). The molecule has 7 nitrogen and oxygen atoms in total. The van der Waals surface area contributed by atoms with E-state index in [9.17, 15) is 4.79 Å². The van der Waals surface area contributed by atoms with Crippen LogP contribution in [0.2, 0.25) is 0 Å². The Balaban J connectivity index is 1.65. The Hall–Kier alpha value is -1.47. The second-order valence-electron chi connectivity index (χ2n) is 5.29. The molecule has 2 fully saturated rings. The fourth-order valence-electron chi connectivity index (χ4n) is 2.73. The van der Waals surface area contributed by atoms with Crippen LogP contribution in [0.4, 0.5) is 0 Å². The highest BCUT2D eigenvalue weighted by Gasteiger charge is 2.32. The maximum Gasteiger partial charge on any atom is 0.239 e. The lowest BCUT2D eigenvalue weighted by Crippen LogP contribution is -2.49. The normalized spacial score (nSPS) is 26.9. The molecule has 2 unspecified atom stereocenters. The number of hydrogen-bond acceptors (Lipinski definition) is 5. The summed E-state index contributed by atoms with van der Waals surface area (Å²) in [5, 5.41) is 10.3. The number of hydrogen-bond donors (Lipinski definition) is 2. The van der Waals surface area contributed by atoms with Crippen LogP contribution in [0.25, 0.3) is 0 Å². The first kappa shape index (κ1) is 13.5. The van der Waals surface area contributed by atoms with E-state index in [2.05, 4.69) is 20.5 Å². The Morgan fingerprint density at radius 2 is 2.45 bits per heavy atom. The molecule has 2 saturated heterocycles. The largest absolute Gasteiger partial charge is 0.366 e. The fraction of sp³-hybridized carbons (Fsp3) is 0.769. The first-order valence-corrected chi connectivity index (χ1v) is 7.33. The van der Waals surface area contributed by atoms with E-state index in [1.54, 1.807) is 0 Å². The van der Waals surface area contributed by atoms with Crippen molar-refractivity contribution in [3.05, 3.63) is 11.6 Å². The maximum absolute atomic E-state index is 12.4. The zero-order chi connectivity index (χ0) is 13.9. The summed E-state index contributed by atoms with van der Waals surface area (Å²) in [5.74, 6) is 1.69. The second-order valence-corrected chi connectivity index (χ2v) is 5.29. The number of morpholine rings is 1. The van der Waals surface area contributed by atoms with Gasteiger partial charge in [0, 0.05) is 13.0 Å². The predicted molar refractivity (Wildman–Crippen MR) is 72.1 cm³/mol. The third-order valence-electron chi connectivity index (χ3n) is 3.91. The van der Waals surface area contributed by atoms with Gasteiger partial charge in [-0.15, -0.1) is 0 Å². The molecule has 0 aliphatic carbocycles. The van der Waals surface area contributed by atoms with Gasteiger partial charge in [-0.1, -0.05) is 6.92 Å². The highest BCUT2D eigenvalue weighted by Crippen LogP contribution is 2.20. The van der Waals surface area contributed by atoms with Crippen LogP contribution in [0.15, 0.2) is 0 Å². The van der Waals surface area contributed by atoms with Crippen molar-refractivity contribution in [2.24, 2.45) is 0 Å². The van der Waals surface area contributed by atoms with Crippen molar-refractivity contribution in [2.45, 2.75) is 38.3 Å². The van der Waals surface area contributed by atoms with Crippen molar-refractivity contribution < 1.29 is 9.53 Å². The molecule has 3 heterocycles. The molecule has 2 atom stereocenters. The molecule has 0 spiro atoms. The number of rotatable bonds is 3. The van der Waals surface area contributed by atoms with Gasteiger partial charge in [0.1, 0.15) is 11.9 Å². The molecule has 0 aromatic carbocycles. The van der Waals surface area contributed by atoms with Gasteiger partial charge in [-0.3, -0.25) is 9.89 Å². The number of amides is 1. The quantitative estimate of drug-likeness (QED) is 0.815. The Bertz CT molecular complexity index is 469. The van der Waals surface area contributed by atoms with Crippen LogP contribution in [-0.4, -0.2) is 58.3 Å². The van der Waals surface area contributed by atoms with Gasteiger partial charge in [0.15, 0.2) is 5.82 Å². The SMILES string of the molecule is CCc1nc(C2CN(C(=O)C3CCCN3)CCO2)n[nH]1. The summed E-state index contributed by atoms with van der Waals surface area (Å²) in [6, 6.07) is -0.0212. The molecule has 1 amide bonds. The lowest BCUT2D eigenvalue weighted by atomic mass is 10.1.